The molecule has 1 amide bonds. The number of ether oxygens (including phenoxy) is 1. The molecule has 0 saturated heterocycles. The fourth-order valence-electron chi connectivity index (χ4n) is 4.79. The van der Waals surface area contributed by atoms with Crippen LogP contribution in [0.3, 0.4) is 0 Å². The van der Waals surface area contributed by atoms with Crippen LogP contribution in [-0.2, 0) is 21.6 Å². The molecule has 1 fully saturated rings. The summed E-state index contributed by atoms with van der Waals surface area (Å²) in [6.45, 7) is 2.02. The van der Waals surface area contributed by atoms with Crippen molar-refractivity contribution in [2.45, 2.75) is 31.8 Å². The second kappa shape index (κ2) is 11.3. The first kappa shape index (κ1) is 27.6. The van der Waals surface area contributed by atoms with Gasteiger partial charge in [-0.05, 0) is 54.2 Å². The molecule has 1 aliphatic rings. The molecule has 6 rings (SSSR count). The number of amides is 1. The molecule has 0 bridgehead atoms. The van der Waals surface area contributed by atoms with Crippen molar-refractivity contribution >= 4 is 28.8 Å². The van der Waals surface area contributed by atoms with Crippen LogP contribution in [0.25, 0.3) is 33.6 Å². The molecule has 7 nitrogen and oxygen atoms in total. The van der Waals surface area contributed by atoms with Gasteiger partial charge in [0.15, 0.2) is 5.76 Å². The minimum atomic E-state index is -1.01. The van der Waals surface area contributed by atoms with E-state index < -0.39 is 17.5 Å². The average Bonchev–Trinajstić information content (AvgIpc) is 3.71. The van der Waals surface area contributed by atoms with Gasteiger partial charge in [0.1, 0.15) is 12.3 Å². The Labute approximate surface area is 253 Å². The van der Waals surface area contributed by atoms with E-state index in [1.165, 1.54) is 0 Å². The number of hydrogen-bond donors (Lipinski definition) is 1. The van der Waals surface area contributed by atoms with Gasteiger partial charge in [-0.2, -0.15) is 0 Å². The van der Waals surface area contributed by atoms with Crippen molar-refractivity contribution in [2.24, 2.45) is 0 Å². The number of aliphatic carboxylic acids is 1. The Bertz CT molecular complexity index is 1680. The predicted molar refractivity (Wildman–Crippen MR) is 146 cm³/mol. The average molecular weight is 541 g/mol. The molecule has 8 heteroatoms. The molecule has 3 aromatic carbocycles. The van der Waals surface area contributed by atoms with Crippen molar-refractivity contribution in [3.05, 3.63) is 108 Å². The van der Waals surface area contributed by atoms with E-state index in [1.54, 1.807) is 0 Å². The fraction of sp³-hybridized carbons (Fsp3) is 0.156. The summed E-state index contributed by atoms with van der Waals surface area (Å²) in [6, 6.07) is 28.5. The van der Waals surface area contributed by atoms with E-state index in [1.807, 2.05) is 97.9 Å². The zero-order valence-electron chi connectivity index (χ0n) is 22.3. The molecule has 5 aromatic rings. The topological polar surface area (TPSA) is 104 Å². The number of rotatable bonds is 7. The summed E-state index contributed by atoms with van der Waals surface area (Å²) < 4.78 is 11.6. The Morgan fingerprint density at radius 2 is 1.52 bits per heavy atom. The Kier molecular flexibility index (Phi) is 7.81. The van der Waals surface area contributed by atoms with Crippen LogP contribution in [0.2, 0.25) is 0 Å². The minimum absolute atomic E-state index is 0. The minimum Gasteiger partial charge on any atom is -0.549 e. The summed E-state index contributed by atoms with van der Waals surface area (Å²) >= 11 is 0. The number of benzene rings is 3. The van der Waals surface area contributed by atoms with Crippen LogP contribution in [-0.4, -0.2) is 17.0 Å². The summed E-state index contributed by atoms with van der Waals surface area (Å²) in [7, 11) is 0. The summed E-state index contributed by atoms with van der Waals surface area (Å²) in [5.74, 6) is -0.533. The van der Waals surface area contributed by atoms with Gasteiger partial charge in [0.25, 0.3) is 0 Å². The van der Waals surface area contributed by atoms with E-state index in [4.69, 9.17) is 9.15 Å². The number of pyridine rings is 1. The number of carbonyl (C=O) groups is 2. The first-order chi connectivity index (χ1) is 18.9. The van der Waals surface area contributed by atoms with Crippen molar-refractivity contribution in [1.29, 1.82) is 0 Å². The van der Waals surface area contributed by atoms with E-state index >= 15 is 0 Å². The molecule has 0 spiro atoms. The fourth-order valence-corrected chi connectivity index (χ4v) is 4.79. The Balaban J connectivity index is 0.00000323. The van der Waals surface area contributed by atoms with E-state index in [9.17, 15) is 14.7 Å². The molecule has 2 heterocycles. The van der Waals surface area contributed by atoms with Crippen molar-refractivity contribution in [3.8, 4) is 22.5 Å². The molecule has 0 aliphatic heterocycles. The number of aryl methyl sites for hydroxylation is 1. The molecule has 1 aliphatic carbocycles. The number of anilines is 1. The molecule has 1 N–H and O–H groups in total. The molecule has 0 unspecified atom stereocenters. The number of aromatic nitrogens is 1. The number of fused-ring (bicyclic) bond motifs is 1. The third-order valence-corrected chi connectivity index (χ3v) is 7.19. The molecule has 2 aromatic heterocycles. The van der Waals surface area contributed by atoms with Crippen LogP contribution >= 0.6 is 0 Å². The van der Waals surface area contributed by atoms with Gasteiger partial charge in [0.2, 0.25) is 5.71 Å². The second-order valence-electron chi connectivity index (χ2n) is 9.82. The summed E-state index contributed by atoms with van der Waals surface area (Å²) in [5, 5.41) is 15.1. The number of hydrogen-bond acceptors (Lipinski definition) is 6. The van der Waals surface area contributed by atoms with E-state index in [0.717, 1.165) is 33.5 Å². The Morgan fingerprint density at radius 1 is 0.900 bits per heavy atom. The maximum Gasteiger partial charge on any atom is 1.00 e. The van der Waals surface area contributed by atoms with E-state index in [-0.39, 0.29) is 36.2 Å². The van der Waals surface area contributed by atoms with Gasteiger partial charge in [-0.25, -0.2) is 9.78 Å². The number of carboxylic acid groups (broad SMARTS) is 1. The van der Waals surface area contributed by atoms with Crippen LogP contribution in [0.15, 0.2) is 95.4 Å². The predicted octanol–water partition coefficient (Wildman–Crippen LogP) is 3.00. The van der Waals surface area contributed by atoms with E-state index in [2.05, 4.69) is 10.3 Å². The molecular weight excluding hydrogens is 515 g/mol. The van der Waals surface area contributed by atoms with Crippen LogP contribution in [0.4, 0.5) is 10.5 Å². The van der Waals surface area contributed by atoms with Crippen molar-refractivity contribution in [1.82, 2.24) is 4.98 Å². The first-order valence-corrected chi connectivity index (χ1v) is 12.7. The van der Waals surface area contributed by atoms with Crippen molar-refractivity contribution in [2.75, 3.05) is 5.32 Å². The third-order valence-electron chi connectivity index (χ3n) is 7.19. The third kappa shape index (κ3) is 5.41. The maximum absolute atomic E-state index is 12.7. The van der Waals surface area contributed by atoms with Crippen LogP contribution in [0.5, 0.6) is 0 Å². The largest absolute Gasteiger partial charge is 1.00 e. The number of nitrogens with zero attached hydrogens (tertiary/aromatic N) is 1. The van der Waals surface area contributed by atoms with Crippen LogP contribution < -0.4 is 40.0 Å². The van der Waals surface area contributed by atoms with Gasteiger partial charge in [-0.1, -0.05) is 78.9 Å². The van der Waals surface area contributed by atoms with E-state index in [0.29, 0.717) is 35.4 Å². The Hall–Kier alpha value is -3.91. The van der Waals surface area contributed by atoms with Gasteiger partial charge >= 0.3 is 35.7 Å². The van der Waals surface area contributed by atoms with Crippen LogP contribution in [0, 0.1) is 6.92 Å². The smallest absolute Gasteiger partial charge is 0.549 e. The van der Waals surface area contributed by atoms with Crippen molar-refractivity contribution < 1.29 is 53.4 Å². The number of carbonyl (C=O) groups excluding carboxylic acids is 2. The zero-order valence-corrected chi connectivity index (χ0v) is 24.3. The number of nitrogens with one attached hydrogen (secondary N) is 1. The standard InChI is InChI=1S/C32H26N2O5.Na/c1-20-7-16-26-27(34-31(37)38-19-21-5-3-2-4-6-21)28(39-29(26)33-20)24-10-8-22(9-11-24)23-12-14-25(15-13-23)32(17-18-32)30(35)36;/h2-16H,17-19H2,1H3,(H,34,37)(H,35,36);/q;+1/p-1. The van der Waals surface area contributed by atoms with Gasteiger partial charge in [0, 0.05) is 16.7 Å². The maximum atomic E-state index is 12.7. The zero-order chi connectivity index (χ0) is 27.0. The van der Waals surface area contributed by atoms with Crippen LogP contribution in [0.1, 0.15) is 29.7 Å². The second-order valence-corrected chi connectivity index (χ2v) is 9.82. The quantitative estimate of drug-likeness (QED) is 0.319. The first-order valence-electron chi connectivity index (χ1n) is 12.7. The molecule has 40 heavy (non-hydrogen) atoms. The van der Waals surface area contributed by atoms with Gasteiger partial charge < -0.3 is 19.1 Å². The monoisotopic (exact) mass is 540 g/mol. The summed E-state index contributed by atoms with van der Waals surface area (Å²) in [4.78, 5) is 28.7. The molecule has 0 atom stereocenters. The van der Waals surface area contributed by atoms with Gasteiger partial charge in [-0.15, -0.1) is 0 Å². The molecule has 0 radical (unpaired) electrons. The SMILES string of the molecule is Cc1ccc2c(NC(=O)OCc3ccccc3)c(-c3ccc(-c4ccc(C5(C(=O)[O-])CC5)cc4)cc3)oc2n1.[Na+]. The van der Waals surface area contributed by atoms with Crippen molar-refractivity contribution in [3.63, 3.8) is 0 Å². The molecule has 1 saturated carbocycles. The van der Waals surface area contributed by atoms with Gasteiger partial charge in [-0.3, -0.25) is 5.32 Å². The summed E-state index contributed by atoms with van der Waals surface area (Å²) in [5.41, 5.74) is 5.23. The summed E-state index contributed by atoms with van der Waals surface area (Å²) in [6.07, 6.45) is 0.640. The van der Waals surface area contributed by atoms with Gasteiger partial charge in [0.05, 0.1) is 11.4 Å². The number of carboxylic acids is 1. The molecule has 194 valence electrons. The normalized spacial score (nSPS) is 13.3. The number of furan rings is 1. The Morgan fingerprint density at radius 3 is 2.15 bits per heavy atom. The molecular formula is C32H25N2NaO5.